The summed E-state index contributed by atoms with van der Waals surface area (Å²) in [4.78, 5) is 43.4. The Morgan fingerprint density at radius 3 is 2.39 bits per heavy atom. The van der Waals surface area contributed by atoms with Gasteiger partial charge in [-0.1, -0.05) is 24.6 Å². The minimum absolute atomic E-state index is 0.0894. The summed E-state index contributed by atoms with van der Waals surface area (Å²) in [5.41, 5.74) is 2.75. The zero-order chi connectivity index (χ0) is 26.2. The lowest BCUT2D eigenvalue weighted by atomic mass is 10.0. The Hall–Kier alpha value is -4.01. The Morgan fingerprint density at radius 1 is 0.972 bits per heavy atom. The fourth-order valence-corrected chi connectivity index (χ4v) is 4.01. The molecule has 192 valence electrons. The van der Waals surface area contributed by atoms with Crippen LogP contribution < -0.4 is 19.6 Å². The number of para-hydroxylation sites is 1. The molecule has 9 nitrogen and oxygen atoms in total. The van der Waals surface area contributed by atoms with Crippen LogP contribution in [0.1, 0.15) is 47.8 Å². The monoisotopic (exact) mass is 495 g/mol. The summed E-state index contributed by atoms with van der Waals surface area (Å²) in [6.45, 7) is 3.66. The molecule has 1 N–H and O–H groups in total. The predicted molar refractivity (Wildman–Crippen MR) is 137 cm³/mol. The van der Waals surface area contributed by atoms with Gasteiger partial charge in [-0.3, -0.25) is 9.69 Å². The van der Waals surface area contributed by atoms with Gasteiger partial charge in [-0.05, 0) is 61.6 Å². The lowest BCUT2D eigenvalue weighted by Gasteiger charge is -2.17. The molecule has 0 fully saturated rings. The van der Waals surface area contributed by atoms with E-state index in [2.05, 4.69) is 5.32 Å². The third-order valence-corrected chi connectivity index (χ3v) is 5.91. The number of carbonyl (C=O) groups is 3. The largest absolute Gasteiger partial charge is 0.496 e. The smallest absolute Gasteiger partial charge is 0.329 e. The molecule has 2 aromatic carbocycles. The van der Waals surface area contributed by atoms with Crippen molar-refractivity contribution in [3.05, 3.63) is 59.3 Å². The van der Waals surface area contributed by atoms with Crippen LogP contribution in [-0.4, -0.2) is 55.3 Å². The summed E-state index contributed by atoms with van der Waals surface area (Å²) < 4.78 is 12.1. The predicted octanol–water partition coefficient (Wildman–Crippen LogP) is 4.14. The number of urea groups is 1. The van der Waals surface area contributed by atoms with Crippen LogP contribution in [0.3, 0.4) is 0 Å². The van der Waals surface area contributed by atoms with Gasteiger partial charge in [0, 0.05) is 25.9 Å². The Balaban J connectivity index is 1.52. The van der Waals surface area contributed by atoms with Gasteiger partial charge in [-0.2, -0.15) is 4.73 Å². The van der Waals surface area contributed by atoms with E-state index in [1.54, 1.807) is 38.5 Å². The van der Waals surface area contributed by atoms with Gasteiger partial charge < -0.3 is 19.6 Å². The normalized spacial score (nSPS) is 10.7. The number of imide groups is 1. The number of ether oxygens (including phenoxy) is 2. The van der Waals surface area contributed by atoms with Crippen LogP contribution >= 0.6 is 0 Å². The maximum atomic E-state index is 13.0. The fraction of sp³-hybridized carbons (Fsp3) is 0.370. The number of amides is 3. The van der Waals surface area contributed by atoms with Crippen molar-refractivity contribution in [2.24, 2.45) is 0 Å². The second kappa shape index (κ2) is 12.1. The highest BCUT2D eigenvalue weighted by molar-refractivity contribution is 6.05. The molecule has 0 spiro atoms. The number of benzene rings is 2. The van der Waals surface area contributed by atoms with E-state index in [1.807, 2.05) is 25.1 Å². The van der Waals surface area contributed by atoms with Crippen molar-refractivity contribution in [2.75, 3.05) is 27.8 Å². The second-order valence-corrected chi connectivity index (χ2v) is 8.51. The van der Waals surface area contributed by atoms with E-state index in [0.717, 1.165) is 63.3 Å². The van der Waals surface area contributed by atoms with Crippen molar-refractivity contribution in [1.82, 2.24) is 14.9 Å². The minimum Gasteiger partial charge on any atom is -0.496 e. The van der Waals surface area contributed by atoms with Crippen LogP contribution in [0.25, 0.3) is 10.9 Å². The number of nitrogens with zero attached hydrogens (tertiary/aromatic N) is 2. The molecule has 0 bridgehead atoms. The third kappa shape index (κ3) is 6.16. The van der Waals surface area contributed by atoms with E-state index in [1.165, 1.54) is 14.0 Å². The van der Waals surface area contributed by atoms with Crippen LogP contribution in [0.2, 0.25) is 0 Å². The summed E-state index contributed by atoms with van der Waals surface area (Å²) in [6, 6.07) is 12.2. The molecule has 3 amide bonds. The number of hydrogen-bond donors (Lipinski definition) is 1. The van der Waals surface area contributed by atoms with E-state index >= 15 is 0 Å². The van der Waals surface area contributed by atoms with E-state index in [-0.39, 0.29) is 5.69 Å². The molecule has 0 saturated heterocycles. The van der Waals surface area contributed by atoms with Crippen LogP contribution in [0.15, 0.2) is 42.5 Å². The van der Waals surface area contributed by atoms with E-state index < -0.39 is 17.9 Å². The number of methoxy groups -OCH3 is 2. The first-order valence-corrected chi connectivity index (χ1v) is 11.8. The maximum absolute atomic E-state index is 13.0. The Kier molecular flexibility index (Phi) is 8.94. The zero-order valence-corrected chi connectivity index (χ0v) is 21.4. The van der Waals surface area contributed by atoms with Gasteiger partial charge >= 0.3 is 12.0 Å². The van der Waals surface area contributed by atoms with Gasteiger partial charge in [0.2, 0.25) is 0 Å². The highest BCUT2D eigenvalue weighted by Gasteiger charge is 2.24. The first-order valence-electron chi connectivity index (χ1n) is 11.8. The van der Waals surface area contributed by atoms with Crippen LogP contribution in [0, 0.1) is 6.92 Å². The molecular formula is C27H33N3O6. The average Bonchev–Trinajstić information content (AvgIpc) is 3.23. The molecule has 1 heterocycles. The fourth-order valence-electron chi connectivity index (χ4n) is 4.01. The Bertz CT molecular complexity index is 1250. The molecule has 0 aliphatic rings. The molecule has 0 radical (unpaired) electrons. The average molecular weight is 496 g/mol. The topological polar surface area (TPSA) is 99.1 Å². The van der Waals surface area contributed by atoms with Gasteiger partial charge in [0.15, 0.2) is 0 Å². The van der Waals surface area contributed by atoms with Crippen LogP contribution in [0.4, 0.5) is 4.79 Å². The van der Waals surface area contributed by atoms with Gasteiger partial charge in [0.05, 0.1) is 19.7 Å². The minimum atomic E-state index is -0.578. The summed E-state index contributed by atoms with van der Waals surface area (Å²) in [5, 5.41) is 3.50. The standard InChI is InChI=1S/C27H33N3O6/c1-18-15-25(35-5)21(17-24(18)34-4)12-7-6-10-14-28-27(33)29(3)26(32)23-16-20-11-8-9-13-22(20)30(23)36-19(2)31/h8-9,11,13,15-17H,6-7,10,12,14H2,1-5H3,(H,28,33). The maximum Gasteiger partial charge on any atom is 0.329 e. The number of aryl methyl sites for hydroxylation is 2. The number of nitrogens with one attached hydrogen (secondary N) is 1. The van der Waals surface area contributed by atoms with E-state index in [0.29, 0.717) is 12.1 Å². The van der Waals surface area contributed by atoms with Gasteiger partial charge in [0.1, 0.15) is 17.2 Å². The molecule has 0 aliphatic heterocycles. The molecule has 1 aromatic heterocycles. The molecule has 0 aliphatic carbocycles. The summed E-state index contributed by atoms with van der Waals surface area (Å²) in [5.74, 6) is 0.524. The van der Waals surface area contributed by atoms with Crippen LogP contribution in [0.5, 0.6) is 11.5 Å². The van der Waals surface area contributed by atoms with Gasteiger partial charge in [0.25, 0.3) is 5.91 Å². The lowest BCUT2D eigenvalue weighted by Crippen LogP contribution is -2.42. The SMILES string of the molecule is COc1cc(CCCCCNC(=O)N(C)C(=O)c2cc3ccccc3n2OC(C)=O)c(OC)cc1C. The molecule has 0 saturated carbocycles. The highest BCUT2D eigenvalue weighted by atomic mass is 16.7. The number of rotatable bonds is 10. The van der Waals surface area contributed by atoms with Crippen molar-refractivity contribution < 1.29 is 28.7 Å². The molecule has 0 unspecified atom stereocenters. The quantitative estimate of drug-likeness (QED) is 0.425. The van der Waals surface area contributed by atoms with Gasteiger partial charge in [-0.15, -0.1) is 0 Å². The van der Waals surface area contributed by atoms with Crippen molar-refractivity contribution in [3.63, 3.8) is 0 Å². The van der Waals surface area contributed by atoms with Crippen molar-refractivity contribution >= 4 is 28.8 Å². The van der Waals surface area contributed by atoms with Crippen molar-refractivity contribution in [3.8, 4) is 11.5 Å². The zero-order valence-electron chi connectivity index (χ0n) is 21.4. The van der Waals surface area contributed by atoms with Gasteiger partial charge in [-0.25, -0.2) is 9.59 Å². The molecule has 3 aromatic rings. The van der Waals surface area contributed by atoms with Crippen molar-refractivity contribution in [1.29, 1.82) is 0 Å². The Labute approximate surface area is 210 Å². The van der Waals surface area contributed by atoms with Crippen molar-refractivity contribution in [2.45, 2.75) is 39.5 Å². The molecular weight excluding hydrogens is 462 g/mol. The first-order chi connectivity index (χ1) is 17.3. The first kappa shape index (κ1) is 26.6. The number of unbranched alkanes of at least 4 members (excludes halogenated alkanes) is 2. The summed E-state index contributed by atoms with van der Waals surface area (Å²) in [6.07, 6.45) is 3.38. The van der Waals surface area contributed by atoms with E-state index in [4.69, 9.17) is 14.3 Å². The lowest BCUT2D eigenvalue weighted by molar-refractivity contribution is -0.141. The molecule has 3 rings (SSSR count). The Morgan fingerprint density at radius 2 is 1.69 bits per heavy atom. The molecule has 36 heavy (non-hydrogen) atoms. The number of hydrogen-bond acceptors (Lipinski definition) is 6. The second-order valence-electron chi connectivity index (χ2n) is 8.51. The van der Waals surface area contributed by atoms with E-state index in [9.17, 15) is 14.4 Å². The summed E-state index contributed by atoms with van der Waals surface area (Å²) in [7, 11) is 4.70. The highest BCUT2D eigenvalue weighted by Crippen LogP contribution is 2.29. The molecule has 0 atom stereocenters. The third-order valence-electron chi connectivity index (χ3n) is 5.91. The molecule has 9 heteroatoms. The number of fused-ring (bicyclic) bond motifs is 1. The number of carbonyl (C=O) groups excluding carboxylic acids is 3. The summed E-state index contributed by atoms with van der Waals surface area (Å²) >= 11 is 0. The van der Waals surface area contributed by atoms with Crippen LogP contribution in [-0.2, 0) is 11.2 Å². The number of aromatic nitrogens is 1.